The van der Waals surface area contributed by atoms with Crippen LogP contribution in [0.3, 0.4) is 0 Å². The van der Waals surface area contributed by atoms with Gasteiger partial charge in [-0.3, -0.25) is 19.2 Å². The molecule has 0 aromatic carbocycles. The third-order valence-electron chi connectivity index (χ3n) is 5.00. The van der Waals surface area contributed by atoms with Crippen molar-refractivity contribution in [3.8, 4) is 0 Å². The summed E-state index contributed by atoms with van der Waals surface area (Å²) in [6, 6.07) is 3.74. The first-order valence-electron chi connectivity index (χ1n) is 11.8. The minimum Gasteiger partial charge on any atom is -0.468 e. The van der Waals surface area contributed by atoms with Gasteiger partial charge in [-0.2, -0.15) is 0 Å². The fourth-order valence-electron chi connectivity index (χ4n) is 2.51. The van der Waals surface area contributed by atoms with Gasteiger partial charge in [-0.05, 0) is 70.9 Å². The van der Waals surface area contributed by atoms with E-state index in [9.17, 15) is 24.0 Å². The summed E-state index contributed by atoms with van der Waals surface area (Å²) in [7, 11) is 0. The zero-order valence-electron chi connectivity index (χ0n) is 19.9. The van der Waals surface area contributed by atoms with E-state index in [0.29, 0.717) is 40.0 Å². The summed E-state index contributed by atoms with van der Waals surface area (Å²) in [6.45, 7) is 3.10. The number of carbonyl (C=O) groups excluding carboxylic acids is 5. The number of carbonyl (C=O) groups is 5. The van der Waals surface area contributed by atoms with Crippen molar-refractivity contribution in [1.82, 2.24) is 0 Å². The van der Waals surface area contributed by atoms with Crippen LogP contribution in [0.1, 0.15) is 71.0 Å². The SMILES string of the molecule is CC(=O)CCCSC(=O)C1CC1.CC(=O)CSC(=O)C1CC1.O=C(SCc1ccco1)C1CC1. The molecule has 6 nitrogen and oxygen atoms in total. The second kappa shape index (κ2) is 15.6. The summed E-state index contributed by atoms with van der Waals surface area (Å²) < 4.78 is 5.11. The van der Waals surface area contributed by atoms with E-state index in [4.69, 9.17) is 4.42 Å². The van der Waals surface area contributed by atoms with Crippen LogP contribution in [0.5, 0.6) is 0 Å². The van der Waals surface area contributed by atoms with E-state index in [1.54, 1.807) is 13.2 Å². The molecule has 0 unspecified atom stereocenters. The van der Waals surface area contributed by atoms with Crippen LogP contribution >= 0.6 is 35.3 Å². The van der Waals surface area contributed by atoms with E-state index in [1.807, 2.05) is 12.1 Å². The monoisotopic (exact) mass is 526 g/mol. The van der Waals surface area contributed by atoms with E-state index < -0.39 is 0 Å². The summed E-state index contributed by atoms with van der Waals surface area (Å²) in [5, 5.41) is 0.861. The smallest absolute Gasteiger partial charge is 0.192 e. The van der Waals surface area contributed by atoms with Crippen LogP contribution in [-0.4, -0.2) is 38.4 Å². The zero-order valence-corrected chi connectivity index (χ0v) is 22.4. The van der Waals surface area contributed by atoms with Gasteiger partial charge in [0.1, 0.15) is 17.3 Å². The number of furan rings is 1. The molecule has 3 fully saturated rings. The lowest BCUT2D eigenvalue weighted by Crippen LogP contribution is -2.00. The van der Waals surface area contributed by atoms with Crippen molar-refractivity contribution in [3.05, 3.63) is 24.2 Å². The Morgan fingerprint density at radius 1 is 0.794 bits per heavy atom. The molecule has 0 amide bonds. The topological polar surface area (TPSA) is 98.5 Å². The number of ketones is 2. The maximum absolute atomic E-state index is 11.2. The second-order valence-corrected chi connectivity index (χ2v) is 11.9. The van der Waals surface area contributed by atoms with E-state index in [0.717, 1.165) is 56.5 Å². The van der Waals surface area contributed by atoms with Crippen LogP contribution in [0.25, 0.3) is 0 Å². The van der Waals surface area contributed by atoms with Crippen molar-refractivity contribution in [2.24, 2.45) is 17.8 Å². The fourth-order valence-corrected chi connectivity index (χ4v) is 5.21. The molecule has 1 aromatic rings. The molecule has 3 aliphatic carbocycles. The summed E-state index contributed by atoms with van der Waals surface area (Å²) in [5.41, 5.74) is 0. The number of thioether (sulfide) groups is 3. The highest BCUT2D eigenvalue weighted by atomic mass is 32.2. The second-order valence-electron chi connectivity index (χ2n) is 8.79. The minimum absolute atomic E-state index is 0.0824. The quantitative estimate of drug-likeness (QED) is 0.335. The Labute approximate surface area is 214 Å². The molecule has 188 valence electrons. The number of Topliss-reactive ketones (excluding diaryl/α,β-unsaturated/α-hetero) is 2. The van der Waals surface area contributed by atoms with Crippen molar-refractivity contribution < 1.29 is 28.4 Å². The molecule has 0 N–H and O–H groups in total. The molecule has 34 heavy (non-hydrogen) atoms. The van der Waals surface area contributed by atoms with Crippen LogP contribution in [0.2, 0.25) is 0 Å². The van der Waals surface area contributed by atoms with Crippen molar-refractivity contribution >= 4 is 62.2 Å². The lowest BCUT2D eigenvalue weighted by Gasteiger charge is -1.96. The van der Waals surface area contributed by atoms with E-state index in [2.05, 4.69) is 0 Å². The van der Waals surface area contributed by atoms with Crippen LogP contribution < -0.4 is 0 Å². The van der Waals surface area contributed by atoms with Gasteiger partial charge in [-0.1, -0.05) is 35.3 Å². The average molecular weight is 527 g/mol. The fraction of sp³-hybridized carbons (Fsp3) is 0.640. The molecule has 0 spiro atoms. The minimum atomic E-state index is 0.0824. The molecule has 0 aliphatic heterocycles. The van der Waals surface area contributed by atoms with Crippen LogP contribution in [0.4, 0.5) is 0 Å². The van der Waals surface area contributed by atoms with Crippen molar-refractivity contribution in [1.29, 1.82) is 0 Å². The number of hydrogen-bond donors (Lipinski definition) is 0. The largest absolute Gasteiger partial charge is 0.468 e. The van der Waals surface area contributed by atoms with Crippen LogP contribution in [0.15, 0.2) is 22.8 Å². The Hall–Kier alpha value is -1.32. The standard InChI is InChI=1S/C9H10O2S.C9H14O2S.C7H10O2S/c10-9(7-3-4-7)12-6-8-2-1-5-11-8;1-7(10)3-2-6-12-9(11)8-4-5-8;1-5(8)4-10-7(9)6-2-3-6/h1-2,5,7H,3-4,6H2;8H,2-6H2,1H3;6H,2-4H2,1H3. The number of rotatable bonds is 11. The summed E-state index contributed by atoms with van der Waals surface area (Å²) in [4.78, 5) is 54.2. The molecule has 1 aromatic heterocycles. The van der Waals surface area contributed by atoms with Crippen LogP contribution in [0, 0.1) is 17.8 Å². The van der Waals surface area contributed by atoms with Gasteiger partial charge in [0.25, 0.3) is 0 Å². The van der Waals surface area contributed by atoms with E-state index >= 15 is 0 Å². The Balaban J connectivity index is 0.000000181. The summed E-state index contributed by atoms with van der Waals surface area (Å²) >= 11 is 3.94. The first-order chi connectivity index (χ1) is 16.3. The molecule has 3 aliphatic rings. The normalized spacial score (nSPS) is 16.4. The molecular formula is C25H34O6S3. The summed E-state index contributed by atoms with van der Waals surface area (Å²) in [5.74, 6) is 4.02. The lowest BCUT2D eigenvalue weighted by atomic mass is 10.3. The molecule has 0 saturated heterocycles. The van der Waals surface area contributed by atoms with Gasteiger partial charge in [0.15, 0.2) is 15.3 Å². The van der Waals surface area contributed by atoms with Gasteiger partial charge in [-0.15, -0.1) is 0 Å². The Bertz CT molecular complexity index is 824. The Kier molecular flexibility index (Phi) is 13.3. The third kappa shape index (κ3) is 14.2. The predicted molar refractivity (Wildman–Crippen MR) is 139 cm³/mol. The molecule has 3 saturated carbocycles. The predicted octanol–water partition coefficient (Wildman–Crippen LogP) is 5.72. The molecule has 9 heteroatoms. The molecular weight excluding hydrogens is 492 g/mol. The highest BCUT2D eigenvalue weighted by Gasteiger charge is 2.30. The Morgan fingerprint density at radius 3 is 1.76 bits per heavy atom. The van der Waals surface area contributed by atoms with Gasteiger partial charge in [0.2, 0.25) is 0 Å². The zero-order chi connectivity index (χ0) is 24.9. The Morgan fingerprint density at radius 2 is 1.32 bits per heavy atom. The first kappa shape index (κ1) is 28.9. The maximum Gasteiger partial charge on any atom is 0.192 e. The highest BCUT2D eigenvalue weighted by Crippen LogP contribution is 2.35. The molecule has 0 radical (unpaired) electrons. The van der Waals surface area contributed by atoms with Gasteiger partial charge < -0.3 is 9.21 Å². The molecule has 4 rings (SSSR count). The van der Waals surface area contributed by atoms with Crippen LogP contribution in [-0.2, 0) is 29.7 Å². The van der Waals surface area contributed by atoms with Gasteiger partial charge in [0.05, 0.1) is 17.8 Å². The third-order valence-corrected chi connectivity index (χ3v) is 8.33. The maximum atomic E-state index is 11.2. The molecule has 0 atom stereocenters. The molecule has 1 heterocycles. The van der Waals surface area contributed by atoms with Gasteiger partial charge >= 0.3 is 0 Å². The van der Waals surface area contributed by atoms with Crippen molar-refractivity contribution in [2.75, 3.05) is 11.5 Å². The van der Waals surface area contributed by atoms with E-state index in [1.165, 1.54) is 42.2 Å². The first-order valence-corrected chi connectivity index (χ1v) is 14.7. The average Bonchev–Trinajstić information content (AvgIpc) is 3.66. The van der Waals surface area contributed by atoms with Crippen molar-refractivity contribution in [2.45, 2.75) is 71.0 Å². The lowest BCUT2D eigenvalue weighted by molar-refractivity contribution is -0.117. The molecule has 0 bridgehead atoms. The number of hydrogen-bond acceptors (Lipinski definition) is 9. The van der Waals surface area contributed by atoms with Crippen molar-refractivity contribution in [3.63, 3.8) is 0 Å². The van der Waals surface area contributed by atoms with Gasteiger partial charge in [-0.25, -0.2) is 0 Å². The van der Waals surface area contributed by atoms with Gasteiger partial charge in [0, 0.05) is 29.9 Å². The van der Waals surface area contributed by atoms with E-state index in [-0.39, 0.29) is 22.6 Å². The highest BCUT2D eigenvalue weighted by molar-refractivity contribution is 8.14. The summed E-state index contributed by atoms with van der Waals surface area (Å²) in [6.07, 6.45) is 9.50.